The molecule has 0 bridgehead atoms. The Kier molecular flexibility index (Phi) is 6.02. The van der Waals surface area contributed by atoms with Gasteiger partial charge < -0.3 is 9.47 Å². The molecule has 1 N–H and O–H groups in total. The molecule has 4 nitrogen and oxygen atoms in total. The van der Waals surface area contributed by atoms with Crippen molar-refractivity contribution in [3.05, 3.63) is 35.4 Å². The van der Waals surface area contributed by atoms with Crippen LogP contribution in [-0.2, 0) is 14.4 Å². The van der Waals surface area contributed by atoms with Crippen molar-refractivity contribution in [1.82, 2.24) is 0 Å². The zero-order valence-electron chi connectivity index (χ0n) is 13.0. The van der Waals surface area contributed by atoms with Gasteiger partial charge in [0.1, 0.15) is 6.61 Å². The fourth-order valence-electron chi connectivity index (χ4n) is 3.12. The highest BCUT2D eigenvalue weighted by Crippen LogP contribution is 2.44. The van der Waals surface area contributed by atoms with Gasteiger partial charge in [-0.1, -0.05) is 51.0 Å². The molecule has 0 amide bonds. The lowest BCUT2D eigenvalue weighted by Gasteiger charge is -2.39. The van der Waals surface area contributed by atoms with E-state index in [0.29, 0.717) is 5.56 Å². The smallest absolute Gasteiger partial charge is 0.339 e. The maximum atomic E-state index is 12.4. The van der Waals surface area contributed by atoms with Crippen LogP contribution in [0.2, 0.25) is 0 Å². The Hall–Kier alpha value is -1.15. The van der Waals surface area contributed by atoms with Crippen LogP contribution in [0.3, 0.4) is 0 Å². The predicted molar refractivity (Wildman–Crippen MR) is 76.6 cm³/mol. The van der Waals surface area contributed by atoms with Crippen LogP contribution < -0.4 is 0 Å². The number of rotatable bonds is 6. The molecule has 1 aromatic carbocycles. The molecular weight excluding hydrogens is 313 g/mol. The Labute approximate surface area is 133 Å². The summed E-state index contributed by atoms with van der Waals surface area (Å²) in [5, 5.41) is 9.17. The lowest BCUT2D eigenvalue weighted by atomic mass is 9.79. The van der Waals surface area contributed by atoms with Crippen LogP contribution in [0.15, 0.2) is 24.3 Å². The molecule has 23 heavy (non-hydrogen) atoms. The van der Waals surface area contributed by atoms with E-state index in [1.807, 2.05) is 19.9 Å². The van der Waals surface area contributed by atoms with E-state index in [1.54, 1.807) is 18.2 Å². The molecule has 7 heteroatoms. The van der Waals surface area contributed by atoms with Crippen molar-refractivity contribution >= 4 is 0 Å². The number of ether oxygens (including phenoxy) is 2. The highest BCUT2D eigenvalue weighted by atomic mass is 19.4. The molecule has 0 saturated carbocycles. The first kappa shape index (κ1) is 18.2. The Balaban J connectivity index is 2.33. The number of benzene rings is 1. The third-order valence-corrected chi connectivity index (χ3v) is 4.22. The molecule has 0 aliphatic carbocycles. The van der Waals surface area contributed by atoms with Gasteiger partial charge in [0.2, 0.25) is 6.29 Å². The van der Waals surface area contributed by atoms with Gasteiger partial charge in [0.05, 0.1) is 0 Å². The fourth-order valence-corrected chi connectivity index (χ4v) is 3.12. The van der Waals surface area contributed by atoms with Gasteiger partial charge in [0.25, 0.3) is 0 Å². The standard InChI is InChI=1S/C16H21F3O4/c1-3-10(4-2)13-11-7-5-6-8-12(11)14(22-15(13)23-20)21-9-16(17,18)19/h5-8,10,13-15,20H,3-4,9H2,1-2H3/t13-,14+,15+/m1/s1. The second-order valence-electron chi connectivity index (χ2n) is 5.60. The van der Waals surface area contributed by atoms with Crippen LogP contribution in [0.1, 0.15) is 50.0 Å². The molecule has 3 atom stereocenters. The van der Waals surface area contributed by atoms with Gasteiger partial charge in [-0.25, -0.2) is 10.1 Å². The SMILES string of the molecule is CCC(CC)[C@@H]1c2ccccc2[C@@H](OCC(F)(F)F)O[C@H]1OO. The Bertz CT molecular complexity index is 502. The van der Waals surface area contributed by atoms with E-state index in [-0.39, 0.29) is 11.8 Å². The second kappa shape index (κ2) is 7.61. The van der Waals surface area contributed by atoms with E-state index in [1.165, 1.54) is 0 Å². The van der Waals surface area contributed by atoms with Gasteiger partial charge in [-0.05, 0) is 11.5 Å². The van der Waals surface area contributed by atoms with E-state index in [9.17, 15) is 18.4 Å². The lowest BCUT2D eigenvalue weighted by Crippen LogP contribution is -2.38. The third-order valence-electron chi connectivity index (χ3n) is 4.22. The molecule has 2 rings (SSSR count). The summed E-state index contributed by atoms with van der Waals surface area (Å²) in [6.45, 7) is 2.59. The minimum absolute atomic E-state index is 0.164. The number of halogens is 3. The van der Waals surface area contributed by atoms with Crippen LogP contribution in [0.4, 0.5) is 13.2 Å². The number of hydrogen-bond acceptors (Lipinski definition) is 4. The molecule has 0 saturated heterocycles. The van der Waals surface area contributed by atoms with Crippen molar-refractivity contribution in [2.45, 2.75) is 51.4 Å². The topological polar surface area (TPSA) is 47.9 Å². The van der Waals surface area contributed by atoms with Crippen LogP contribution in [0, 0.1) is 5.92 Å². The van der Waals surface area contributed by atoms with Gasteiger partial charge in [-0.15, -0.1) is 0 Å². The van der Waals surface area contributed by atoms with Gasteiger partial charge in [0.15, 0.2) is 6.29 Å². The summed E-state index contributed by atoms with van der Waals surface area (Å²) in [5.41, 5.74) is 1.33. The quantitative estimate of drug-likeness (QED) is 0.609. The second-order valence-corrected chi connectivity index (χ2v) is 5.60. The zero-order valence-corrected chi connectivity index (χ0v) is 13.0. The van der Waals surface area contributed by atoms with Crippen LogP contribution in [0.25, 0.3) is 0 Å². The first-order valence-corrected chi connectivity index (χ1v) is 7.64. The average Bonchev–Trinajstić information content (AvgIpc) is 2.53. The maximum Gasteiger partial charge on any atom is 0.411 e. The van der Waals surface area contributed by atoms with Crippen molar-refractivity contribution in [2.24, 2.45) is 5.92 Å². The summed E-state index contributed by atoms with van der Waals surface area (Å²) in [6.07, 6.45) is -5.09. The van der Waals surface area contributed by atoms with Crippen LogP contribution >= 0.6 is 0 Å². The van der Waals surface area contributed by atoms with Crippen molar-refractivity contribution < 1.29 is 32.8 Å². The average molecular weight is 334 g/mol. The van der Waals surface area contributed by atoms with Gasteiger partial charge >= 0.3 is 6.18 Å². The van der Waals surface area contributed by atoms with E-state index >= 15 is 0 Å². The minimum atomic E-state index is -4.46. The largest absolute Gasteiger partial charge is 0.411 e. The van der Waals surface area contributed by atoms with E-state index < -0.39 is 25.4 Å². The van der Waals surface area contributed by atoms with Crippen molar-refractivity contribution in [3.63, 3.8) is 0 Å². The molecule has 0 spiro atoms. The Morgan fingerprint density at radius 1 is 1.17 bits per heavy atom. The van der Waals surface area contributed by atoms with Gasteiger partial charge in [0, 0.05) is 11.5 Å². The van der Waals surface area contributed by atoms with Crippen molar-refractivity contribution in [2.75, 3.05) is 6.61 Å². The summed E-state index contributed by atoms with van der Waals surface area (Å²) in [6, 6.07) is 7.02. The van der Waals surface area contributed by atoms with E-state index in [0.717, 1.165) is 18.4 Å². The Morgan fingerprint density at radius 3 is 2.30 bits per heavy atom. The molecule has 0 aromatic heterocycles. The molecular formula is C16H21F3O4. The Morgan fingerprint density at radius 2 is 1.78 bits per heavy atom. The first-order valence-electron chi connectivity index (χ1n) is 7.64. The number of hydrogen-bond donors (Lipinski definition) is 1. The number of alkyl halides is 3. The van der Waals surface area contributed by atoms with Crippen molar-refractivity contribution in [3.8, 4) is 0 Å². The highest BCUT2D eigenvalue weighted by Gasteiger charge is 2.41. The van der Waals surface area contributed by atoms with Crippen molar-refractivity contribution in [1.29, 1.82) is 0 Å². The third kappa shape index (κ3) is 4.23. The summed E-state index contributed by atoms with van der Waals surface area (Å²) in [4.78, 5) is 4.42. The highest BCUT2D eigenvalue weighted by molar-refractivity contribution is 5.34. The summed E-state index contributed by atoms with van der Waals surface area (Å²) >= 11 is 0. The van der Waals surface area contributed by atoms with Gasteiger partial charge in [-0.2, -0.15) is 13.2 Å². The molecule has 1 aliphatic rings. The molecule has 130 valence electrons. The normalized spacial score (nSPS) is 24.7. The maximum absolute atomic E-state index is 12.4. The molecule has 0 unspecified atom stereocenters. The molecule has 1 aliphatic heterocycles. The summed E-state index contributed by atoms with van der Waals surface area (Å²) in [7, 11) is 0. The lowest BCUT2D eigenvalue weighted by molar-refractivity contribution is -0.393. The fraction of sp³-hybridized carbons (Fsp3) is 0.625. The van der Waals surface area contributed by atoms with E-state index in [2.05, 4.69) is 4.89 Å². The summed E-state index contributed by atoms with van der Waals surface area (Å²) < 4.78 is 47.6. The molecule has 0 fully saturated rings. The zero-order chi connectivity index (χ0) is 17.0. The monoisotopic (exact) mass is 334 g/mol. The van der Waals surface area contributed by atoms with Gasteiger partial charge in [-0.3, -0.25) is 0 Å². The number of fused-ring (bicyclic) bond motifs is 1. The predicted octanol–water partition coefficient (Wildman–Crippen LogP) is 4.63. The first-order chi connectivity index (χ1) is 10.9. The van der Waals surface area contributed by atoms with E-state index in [4.69, 9.17) is 9.47 Å². The van der Waals surface area contributed by atoms with Crippen LogP contribution in [-0.4, -0.2) is 24.3 Å². The molecule has 0 radical (unpaired) electrons. The minimum Gasteiger partial charge on any atom is -0.339 e. The molecule has 1 aromatic rings. The summed E-state index contributed by atoms with van der Waals surface area (Å²) in [5.74, 6) is -0.103. The van der Waals surface area contributed by atoms with Crippen LogP contribution in [0.5, 0.6) is 0 Å². The molecule has 1 heterocycles.